The maximum absolute atomic E-state index is 12.2. The number of carbonyl (C=O) groups excluding carboxylic acids is 2. The zero-order valence-corrected chi connectivity index (χ0v) is 15.5. The predicted molar refractivity (Wildman–Crippen MR) is 105 cm³/mol. The van der Waals surface area contributed by atoms with Gasteiger partial charge in [0.2, 0.25) is 0 Å². The Morgan fingerprint density at radius 3 is 2.58 bits per heavy atom. The van der Waals surface area contributed by atoms with Crippen LogP contribution < -0.4 is 5.32 Å². The van der Waals surface area contributed by atoms with Gasteiger partial charge in [0.25, 0.3) is 5.91 Å². The first-order valence-electron chi connectivity index (χ1n) is 8.02. The summed E-state index contributed by atoms with van der Waals surface area (Å²) in [4.78, 5) is 28.8. The van der Waals surface area contributed by atoms with E-state index in [1.54, 1.807) is 30.3 Å². The summed E-state index contributed by atoms with van der Waals surface area (Å²) in [7, 11) is 1.34. The smallest absolute Gasteiger partial charge is 0.337 e. The van der Waals surface area contributed by atoms with Gasteiger partial charge < -0.3 is 10.1 Å². The normalized spacial score (nSPS) is 16.8. The number of amidine groups is 1. The van der Waals surface area contributed by atoms with Gasteiger partial charge in [-0.2, -0.15) is 0 Å². The van der Waals surface area contributed by atoms with Gasteiger partial charge in [-0.15, -0.1) is 0 Å². The Kier molecular flexibility index (Phi) is 5.23. The number of rotatable bonds is 3. The standard InChI is InChI=1S/C20H18N2O3S/c1-12-5-4-6-16(13(12)2)21-20-22-18(23)17(26-20)11-14-7-9-15(10-8-14)19(24)25-3/h4-11H,1-3H3,(H,21,22,23). The van der Waals surface area contributed by atoms with E-state index in [1.807, 2.05) is 32.0 Å². The molecule has 0 bridgehead atoms. The number of hydrogen-bond donors (Lipinski definition) is 1. The van der Waals surface area contributed by atoms with Gasteiger partial charge >= 0.3 is 5.97 Å². The molecular formula is C20H18N2O3S. The molecule has 0 atom stereocenters. The average Bonchev–Trinajstić information content (AvgIpc) is 2.98. The van der Waals surface area contributed by atoms with E-state index in [0.717, 1.165) is 22.4 Å². The van der Waals surface area contributed by atoms with Gasteiger partial charge in [-0.25, -0.2) is 9.79 Å². The van der Waals surface area contributed by atoms with Crippen molar-refractivity contribution < 1.29 is 14.3 Å². The van der Waals surface area contributed by atoms with Gasteiger partial charge in [-0.05, 0) is 66.6 Å². The number of amides is 1. The third-order valence-corrected chi connectivity index (χ3v) is 4.99. The Balaban J connectivity index is 1.81. The van der Waals surface area contributed by atoms with Gasteiger partial charge in [0.15, 0.2) is 5.17 Å². The van der Waals surface area contributed by atoms with Gasteiger partial charge in [-0.3, -0.25) is 4.79 Å². The van der Waals surface area contributed by atoms with Crippen molar-refractivity contribution in [2.24, 2.45) is 4.99 Å². The molecule has 0 spiro atoms. The minimum atomic E-state index is -0.389. The van der Waals surface area contributed by atoms with Crippen LogP contribution in [-0.2, 0) is 9.53 Å². The number of thioether (sulfide) groups is 1. The van der Waals surface area contributed by atoms with Crippen LogP contribution in [0.15, 0.2) is 52.4 Å². The number of methoxy groups -OCH3 is 1. The maximum Gasteiger partial charge on any atom is 0.337 e. The summed E-state index contributed by atoms with van der Waals surface area (Å²) < 4.78 is 4.68. The fourth-order valence-corrected chi connectivity index (χ4v) is 3.27. The second-order valence-electron chi connectivity index (χ2n) is 5.81. The number of esters is 1. The molecule has 3 rings (SSSR count). The van der Waals surface area contributed by atoms with E-state index >= 15 is 0 Å². The van der Waals surface area contributed by atoms with Crippen LogP contribution >= 0.6 is 11.8 Å². The molecule has 1 saturated heterocycles. The molecule has 6 heteroatoms. The lowest BCUT2D eigenvalue weighted by Gasteiger charge is -2.04. The minimum absolute atomic E-state index is 0.184. The molecule has 0 aromatic heterocycles. The highest BCUT2D eigenvalue weighted by molar-refractivity contribution is 8.18. The van der Waals surface area contributed by atoms with Gasteiger partial charge in [0.05, 0.1) is 23.3 Å². The number of hydrogen-bond acceptors (Lipinski definition) is 5. The van der Waals surface area contributed by atoms with Crippen molar-refractivity contribution in [2.45, 2.75) is 13.8 Å². The van der Waals surface area contributed by atoms with Crippen LogP contribution in [0.5, 0.6) is 0 Å². The SMILES string of the molecule is COC(=O)c1ccc(C=C2SC(=Nc3cccc(C)c3C)NC2=O)cc1. The van der Waals surface area contributed by atoms with Crippen molar-refractivity contribution in [3.05, 3.63) is 69.6 Å². The lowest BCUT2D eigenvalue weighted by atomic mass is 10.1. The summed E-state index contributed by atoms with van der Waals surface area (Å²) in [5.41, 5.74) is 4.38. The van der Waals surface area contributed by atoms with Gasteiger partial charge in [0, 0.05) is 0 Å². The lowest BCUT2D eigenvalue weighted by Crippen LogP contribution is -2.19. The molecule has 1 N–H and O–H groups in total. The Morgan fingerprint density at radius 2 is 1.88 bits per heavy atom. The molecule has 2 aromatic rings. The van der Waals surface area contributed by atoms with Crippen LogP contribution in [0.1, 0.15) is 27.0 Å². The van der Waals surface area contributed by atoms with Crippen LogP contribution in [0.25, 0.3) is 6.08 Å². The van der Waals surface area contributed by atoms with Crippen molar-refractivity contribution in [1.82, 2.24) is 5.32 Å². The second-order valence-corrected chi connectivity index (χ2v) is 6.85. The molecule has 132 valence electrons. The van der Waals surface area contributed by atoms with Crippen molar-refractivity contribution >= 4 is 40.6 Å². The third kappa shape index (κ3) is 3.86. The van der Waals surface area contributed by atoms with Crippen LogP contribution in [-0.4, -0.2) is 24.2 Å². The Labute approximate surface area is 156 Å². The molecule has 1 heterocycles. The summed E-state index contributed by atoms with van der Waals surface area (Å²) in [6, 6.07) is 12.8. The molecule has 0 radical (unpaired) electrons. The van der Waals surface area contributed by atoms with Crippen LogP contribution in [0.4, 0.5) is 5.69 Å². The van der Waals surface area contributed by atoms with Crippen LogP contribution in [0.2, 0.25) is 0 Å². The molecule has 2 aromatic carbocycles. The Hall–Kier alpha value is -2.86. The highest BCUT2D eigenvalue weighted by Gasteiger charge is 2.24. The van der Waals surface area contributed by atoms with Crippen molar-refractivity contribution in [2.75, 3.05) is 7.11 Å². The molecule has 1 aliphatic heterocycles. The van der Waals surface area contributed by atoms with E-state index in [4.69, 9.17) is 0 Å². The number of benzene rings is 2. The average molecular weight is 366 g/mol. The molecule has 5 nitrogen and oxygen atoms in total. The quantitative estimate of drug-likeness (QED) is 0.659. The first kappa shape index (κ1) is 17.9. The van der Waals surface area contributed by atoms with Crippen molar-refractivity contribution in [3.8, 4) is 0 Å². The molecule has 0 saturated carbocycles. The minimum Gasteiger partial charge on any atom is -0.465 e. The first-order valence-corrected chi connectivity index (χ1v) is 8.84. The molecule has 1 aliphatic rings. The zero-order valence-electron chi connectivity index (χ0n) is 14.7. The summed E-state index contributed by atoms with van der Waals surface area (Å²) in [6.07, 6.45) is 1.77. The fraction of sp³-hybridized carbons (Fsp3) is 0.150. The number of nitrogens with zero attached hydrogens (tertiary/aromatic N) is 1. The number of carbonyl (C=O) groups is 2. The predicted octanol–water partition coefficient (Wildman–Crippen LogP) is 3.98. The Morgan fingerprint density at radius 1 is 1.15 bits per heavy atom. The summed E-state index contributed by atoms with van der Waals surface area (Å²) in [6.45, 7) is 4.04. The lowest BCUT2D eigenvalue weighted by molar-refractivity contribution is -0.115. The van der Waals surface area contributed by atoms with E-state index in [2.05, 4.69) is 15.0 Å². The topological polar surface area (TPSA) is 67.8 Å². The molecule has 0 aliphatic carbocycles. The van der Waals surface area contributed by atoms with E-state index in [1.165, 1.54) is 18.9 Å². The molecule has 1 amide bonds. The summed E-state index contributed by atoms with van der Waals surface area (Å²) in [5, 5.41) is 3.35. The van der Waals surface area contributed by atoms with E-state index in [0.29, 0.717) is 15.6 Å². The molecule has 26 heavy (non-hydrogen) atoms. The Bertz CT molecular complexity index is 931. The zero-order chi connectivity index (χ0) is 18.7. The van der Waals surface area contributed by atoms with E-state index in [-0.39, 0.29) is 11.9 Å². The van der Waals surface area contributed by atoms with Gasteiger partial charge in [-0.1, -0.05) is 24.3 Å². The summed E-state index contributed by atoms with van der Waals surface area (Å²) >= 11 is 1.30. The fourth-order valence-electron chi connectivity index (χ4n) is 2.43. The number of ether oxygens (including phenoxy) is 1. The van der Waals surface area contributed by atoms with Crippen LogP contribution in [0, 0.1) is 13.8 Å². The third-order valence-electron chi connectivity index (χ3n) is 4.08. The number of nitrogens with one attached hydrogen (secondary N) is 1. The molecule has 0 unspecified atom stereocenters. The highest BCUT2D eigenvalue weighted by atomic mass is 32.2. The van der Waals surface area contributed by atoms with E-state index in [9.17, 15) is 9.59 Å². The summed E-state index contributed by atoms with van der Waals surface area (Å²) in [5.74, 6) is -0.573. The first-order chi connectivity index (χ1) is 12.5. The number of aliphatic imine (C=N–C) groups is 1. The van der Waals surface area contributed by atoms with Gasteiger partial charge in [0.1, 0.15) is 0 Å². The number of aryl methyl sites for hydroxylation is 1. The highest BCUT2D eigenvalue weighted by Crippen LogP contribution is 2.29. The van der Waals surface area contributed by atoms with Crippen molar-refractivity contribution in [1.29, 1.82) is 0 Å². The molecular weight excluding hydrogens is 348 g/mol. The van der Waals surface area contributed by atoms with Crippen LogP contribution in [0.3, 0.4) is 0 Å². The molecule has 1 fully saturated rings. The second kappa shape index (κ2) is 7.58. The van der Waals surface area contributed by atoms with E-state index < -0.39 is 0 Å². The monoisotopic (exact) mass is 366 g/mol. The maximum atomic E-state index is 12.2. The van der Waals surface area contributed by atoms with Crippen molar-refractivity contribution in [3.63, 3.8) is 0 Å². The largest absolute Gasteiger partial charge is 0.465 e.